The Hall–Kier alpha value is -2.27. The summed E-state index contributed by atoms with van der Waals surface area (Å²) in [4.78, 5) is 21.2. The highest BCUT2D eigenvalue weighted by Gasteiger charge is 2.68. The number of carbonyl (C=O) groups excluding carboxylic acids is 1. The molecule has 0 radical (unpaired) electrons. The molecule has 1 aliphatic heterocycles. The van der Waals surface area contributed by atoms with E-state index in [2.05, 4.69) is 59.5 Å². The predicted molar refractivity (Wildman–Crippen MR) is 105 cm³/mol. The van der Waals surface area contributed by atoms with E-state index in [0.29, 0.717) is 17.5 Å². The summed E-state index contributed by atoms with van der Waals surface area (Å²) < 4.78 is 6.30. The smallest absolute Gasteiger partial charge is 0.271 e. The molecule has 1 amide bonds. The first kappa shape index (κ1) is 17.8. The summed E-state index contributed by atoms with van der Waals surface area (Å²) in [6.07, 6.45) is 8.17. The van der Waals surface area contributed by atoms with Crippen LogP contribution in [0.15, 0.2) is 48.9 Å². The van der Waals surface area contributed by atoms with Crippen molar-refractivity contribution < 1.29 is 9.53 Å². The highest BCUT2D eigenvalue weighted by molar-refractivity contribution is 5.92. The van der Waals surface area contributed by atoms with Crippen molar-refractivity contribution in [2.24, 2.45) is 22.7 Å². The number of hydrogen-bond acceptors (Lipinski definition) is 4. The van der Waals surface area contributed by atoms with E-state index < -0.39 is 0 Å². The number of amides is 1. The lowest BCUT2D eigenvalue weighted by molar-refractivity contribution is -0.120. The van der Waals surface area contributed by atoms with Gasteiger partial charge in [0.25, 0.3) is 5.91 Å². The lowest BCUT2D eigenvalue weighted by atomic mass is 9.59. The van der Waals surface area contributed by atoms with Crippen molar-refractivity contribution >= 4 is 5.91 Å². The first-order valence-corrected chi connectivity index (χ1v) is 10.3. The number of rotatable bonds is 3. The maximum Gasteiger partial charge on any atom is 0.271 e. The van der Waals surface area contributed by atoms with Gasteiger partial charge in [-0.1, -0.05) is 44.2 Å². The van der Waals surface area contributed by atoms with Crippen molar-refractivity contribution in [3.05, 3.63) is 60.2 Å². The minimum atomic E-state index is -0.116. The molecular weight excluding hydrogens is 350 g/mol. The molecule has 1 aromatic carbocycles. The molecule has 5 nitrogen and oxygen atoms in total. The van der Waals surface area contributed by atoms with Gasteiger partial charge in [0.15, 0.2) is 0 Å². The molecule has 1 spiro atoms. The van der Waals surface area contributed by atoms with E-state index in [1.54, 1.807) is 18.6 Å². The molecule has 2 heterocycles. The van der Waals surface area contributed by atoms with Gasteiger partial charge in [0, 0.05) is 25.0 Å². The lowest BCUT2D eigenvalue weighted by Gasteiger charge is -2.53. The Morgan fingerprint density at radius 3 is 2.79 bits per heavy atom. The summed E-state index contributed by atoms with van der Waals surface area (Å²) in [5.74, 6) is 0.918. The maximum atomic E-state index is 12.9. The Labute approximate surface area is 165 Å². The van der Waals surface area contributed by atoms with Gasteiger partial charge in [-0.25, -0.2) is 4.98 Å². The first-order chi connectivity index (χ1) is 13.5. The van der Waals surface area contributed by atoms with Crippen molar-refractivity contribution in [3.63, 3.8) is 0 Å². The molecule has 5 heteroatoms. The van der Waals surface area contributed by atoms with Crippen molar-refractivity contribution in [3.8, 4) is 0 Å². The zero-order valence-electron chi connectivity index (χ0n) is 16.5. The predicted octanol–water partition coefficient (Wildman–Crippen LogP) is 3.79. The number of benzene rings is 1. The third-order valence-electron chi connectivity index (χ3n) is 7.70. The number of fused-ring (bicyclic) bond motifs is 1. The molecule has 146 valence electrons. The summed E-state index contributed by atoms with van der Waals surface area (Å²) in [7, 11) is 0. The van der Waals surface area contributed by atoms with Crippen LogP contribution in [0, 0.1) is 22.7 Å². The van der Waals surface area contributed by atoms with Gasteiger partial charge >= 0.3 is 0 Å². The molecule has 2 aliphatic carbocycles. The minimum Gasteiger partial charge on any atom is -0.373 e. The monoisotopic (exact) mass is 377 g/mol. The van der Waals surface area contributed by atoms with Crippen LogP contribution in [0.4, 0.5) is 0 Å². The molecule has 2 bridgehead atoms. The van der Waals surface area contributed by atoms with Crippen LogP contribution in [0.2, 0.25) is 0 Å². The molecule has 3 aliphatic rings. The fourth-order valence-electron chi connectivity index (χ4n) is 6.38. The third-order valence-corrected chi connectivity index (χ3v) is 7.70. The second kappa shape index (κ2) is 6.38. The highest BCUT2D eigenvalue weighted by atomic mass is 16.5. The summed E-state index contributed by atoms with van der Waals surface area (Å²) in [6.45, 7) is 5.38. The summed E-state index contributed by atoms with van der Waals surface area (Å²) in [6, 6.07) is 10.7. The number of ether oxygens (including phenoxy) is 1. The molecule has 28 heavy (non-hydrogen) atoms. The standard InChI is InChI=1S/C23H27N3O2/c1-22(2)16-12-17-19(15-6-4-3-5-7-15)28-11-8-23(17,13-16)21(22)26-20(27)18-14-24-9-10-25-18/h3-7,9-10,14,16-17,19,21H,8,11-13H2,1-2H3,(H,26,27)/t16-,17-,19-,21+,23?/m1/s1. The normalized spacial score (nSPS) is 35.4. The van der Waals surface area contributed by atoms with Crippen LogP contribution in [-0.2, 0) is 4.74 Å². The molecule has 2 saturated carbocycles. The SMILES string of the molecule is CC1(C)[C@@H]2C[C@@H]3[C@@H](c4ccccc4)OCCC3(C2)[C@H]1NC(=O)c1cnccn1. The van der Waals surface area contributed by atoms with Crippen LogP contribution in [0.25, 0.3) is 0 Å². The highest BCUT2D eigenvalue weighted by Crippen LogP contribution is 2.70. The average Bonchev–Trinajstić information content (AvgIpc) is 3.21. The van der Waals surface area contributed by atoms with Gasteiger partial charge in [-0.05, 0) is 47.5 Å². The van der Waals surface area contributed by atoms with Crippen LogP contribution >= 0.6 is 0 Å². The summed E-state index contributed by atoms with van der Waals surface area (Å²) in [5.41, 5.74) is 1.80. The molecule has 1 aromatic heterocycles. The molecule has 1 saturated heterocycles. The van der Waals surface area contributed by atoms with Crippen LogP contribution in [0.1, 0.15) is 55.3 Å². The Kier molecular flexibility index (Phi) is 4.05. The molecule has 3 fully saturated rings. The molecule has 5 atom stereocenters. The van der Waals surface area contributed by atoms with Gasteiger partial charge in [-0.2, -0.15) is 0 Å². The van der Waals surface area contributed by atoms with Crippen LogP contribution in [0.5, 0.6) is 0 Å². The second-order valence-electron chi connectivity index (χ2n) is 9.25. The van der Waals surface area contributed by atoms with Gasteiger partial charge in [0.05, 0.1) is 12.3 Å². The van der Waals surface area contributed by atoms with Crippen LogP contribution in [0.3, 0.4) is 0 Å². The molecule has 1 N–H and O–H groups in total. The van der Waals surface area contributed by atoms with E-state index in [9.17, 15) is 4.79 Å². The number of nitrogens with one attached hydrogen (secondary N) is 1. The topological polar surface area (TPSA) is 64.1 Å². The Morgan fingerprint density at radius 2 is 2.04 bits per heavy atom. The van der Waals surface area contributed by atoms with Gasteiger partial charge in [0.2, 0.25) is 0 Å². The zero-order chi connectivity index (χ0) is 19.4. The summed E-state index contributed by atoms with van der Waals surface area (Å²) >= 11 is 0. The lowest BCUT2D eigenvalue weighted by Crippen LogP contribution is -2.59. The van der Waals surface area contributed by atoms with Gasteiger partial charge in [-0.15, -0.1) is 0 Å². The Bertz CT molecular complexity index is 870. The second-order valence-corrected chi connectivity index (χ2v) is 9.25. The van der Waals surface area contributed by atoms with Crippen molar-refractivity contribution in [1.29, 1.82) is 0 Å². The van der Waals surface area contributed by atoms with E-state index in [4.69, 9.17) is 4.74 Å². The fraction of sp³-hybridized carbons (Fsp3) is 0.522. The largest absolute Gasteiger partial charge is 0.373 e. The van der Waals surface area contributed by atoms with Crippen molar-refractivity contribution in [2.75, 3.05) is 6.61 Å². The molecule has 5 rings (SSSR count). The number of carbonyl (C=O) groups is 1. The van der Waals surface area contributed by atoms with Gasteiger partial charge in [0.1, 0.15) is 5.69 Å². The Morgan fingerprint density at radius 1 is 1.21 bits per heavy atom. The number of aromatic nitrogens is 2. The van der Waals surface area contributed by atoms with E-state index in [-0.39, 0.29) is 28.9 Å². The van der Waals surface area contributed by atoms with E-state index in [0.717, 1.165) is 13.0 Å². The average molecular weight is 377 g/mol. The minimum absolute atomic E-state index is 0.0624. The van der Waals surface area contributed by atoms with E-state index in [1.807, 2.05) is 0 Å². The molecular formula is C23H27N3O2. The quantitative estimate of drug-likeness (QED) is 0.884. The Balaban J connectivity index is 1.48. The third kappa shape index (κ3) is 2.52. The van der Waals surface area contributed by atoms with E-state index >= 15 is 0 Å². The summed E-state index contributed by atoms with van der Waals surface area (Å²) in [5, 5.41) is 3.38. The number of nitrogens with zero attached hydrogens (tertiary/aromatic N) is 2. The zero-order valence-corrected chi connectivity index (χ0v) is 16.5. The van der Waals surface area contributed by atoms with E-state index in [1.165, 1.54) is 18.4 Å². The van der Waals surface area contributed by atoms with Gasteiger partial charge in [-0.3, -0.25) is 9.78 Å². The van der Waals surface area contributed by atoms with Gasteiger partial charge < -0.3 is 10.1 Å². The van der Waals surface area contributed by atoms with Crippen molar-refractivity contribution in [2.45, 2.75) is 45.3 Å². The molecule has 1 unspecified atom stereocenters. The number of hydrogen-bond donors (Lipinski definition) is 1. The van der Waals surface area contributed by atoms with Crippen LogP contribution in [-0.4, -0.2) is 28.5 Å². The first-order valence-electron chi connectivity index (χ1n) is 10.3. The maximum absolute atomic E-state index is 12.9. The van der Waals surface area contributed by atoms with Crippen LogP contribution < -0.4 is 5.32 Å². The van der Waals surface area contributed by atoms with Crippen molar-refractivity contribution in [1.82, 2.24) is 15.3 Å². The molecule has 2 aromatic rings. The fourth-order valence-corrected chi connectivity index (χ4v) is 6.38.